The Morgan fingerprint density at radius 1 is 1.48 bits per heavy atom. The van der Waals surface area contributed by atoms with Crippen molar-refractivity contribution in [2.75, 3.05) is 5.32 Å². The highest BCUT2D eigenvalue weighted by Gasteiger charge is 2.66. The normalized spacial score (nSPS) is 21.1. The largest absolute Gasteiger partial charge is 0.431 e. The molecule has 0 spiro atoms. The molecular weight excluding hydrogens is 311 g/mol. The summed E-state index contributed by atoms with van der Waals surface area (Å²) in [5.41, 5.74) is -5.77. The number of aromatic amines is 1. The Morgan fingerprint density at radius 3 is 2.52 bits per heavy atom. The number of hydrogen-bond acceptors (Lipinski definition) is 4. The summed E-state index contributed by atoms with van der Waals surface area (Å²) in [6.45, 7) is 5.15. The molecule has 3 N–H and O–H groups in total. The summed E-state index contributed by atoms with van der Waals surface area (Å²) < 4.78 is 40.0. The number of fused-ring (bicyclic) bond motifs is 1. The summed E-state index contributed by atoms with van der Waals surface area (Å²) in [5, 5.41) is 11.6. The van der Waals surface area contributed by atoms with Gasteiger partial charge in [-0.3, -0.25) is 14.6 Å². The smallest absolute Gasteiger partial charge is 0.368 e. The van der Waals surface area contributed by atoms with Crippen LogP contribution in [0.15, 0.2) is 16.9 Å². The van der Waals surface area contributed by atoms with Crippen molar-refractivity contribution in [3.63, 3.8) is 0 Å². The number of halogens is 3. The molecule has 2 heterocycles. The first-order valence-corrected chi connectivity index (χ1v) is 6.03. The van der Waals surface area contributed by atoms with Crippen LogP contribution >= 0.6 is 12.2 Å². The second-order valence-corrected chi connectivity index (χ2v) is 5.08. The van der Waals surface area contributed by atoms with E-state index >= 15 is 0 Å². The van der Waals surface area contributed by atoms with Crippen molar-refractivity contribution in [3.05, 3.63) is 32.8 Å². The highest BCUT2D eigenvalue weighted by molar-refractivity contribution is 7.71. The average molecular weight is 321 g/mol. The fraction of sp³-hybridized carbons (Fsp3) is 0.364. The molecule has 0 saturated heterocycles. The molecule has 1 aromatic heterocycles. The summed E-state index contributed by atoms with van der Waals surface area (Å²) in [6.07, 6.45) is -5.35. The van der Waals surface area contributed by atoms with Crippen LogP contribution in [0.5, 0.6) is 0 Å². The molecule has 0 unspecified atom stereocenters. The Hall–Kier alpha value is -1.94. The number of carbonyl (C=O) groups excluding carboxylic acids is 1. The number of aliphatic hydroxyl groups is 1. The lowest BCUT2D eigenvalue weighted by Gasteiger charge is -2.22. The maximum absolute atomic E-state index is 13.0. The molecule has 0 radical (unpaired) electrons. The summed E-state index contributed by atoms with van der Waals surface area (Å²) >= 11 is 4.86. The number of nitrogens with zero attached hydrogens (tertiary/aromatic N) is 1. The minimum atomic E-state index is -5.35. The van der Waals surface area contributed by atoms with E-state index in [2.05, 4.69) is 6.58 Å². The number of nitrogens with one attached hydrogen (secondary N) is 2. The number of amides is 1. The van der Waals surface area contributed by atoms with E-state index in [0.717, 1.165) is 4.57 Å². The summed E-state index contributed by atoms with van der Waals surface area (Å²) in [7, 11) is 0. The monoisotopic (exact) mass is 321 g/mol. The van der Waals surface area contributed by atoms with Gasteiger partial charge >= 0.3 is 6.18 Å². The molecule has 10 heteroatoms. The third-order valence-corrected chi connectivity index (χ3v) is 3.28. The zero-order chi connectivity index (χ0) is 16.2. The molecule has 0 bridgehead atoms. The minimum absolute atomic E-state index is 0.0217. The van der Waals surface area contributed by atoms with Gasteiger partial charge in [0, 0.05) is 6.54 Å². The third-order valence-electron chi connectivity index (χ3n) is 2.96. The average Bonchev–Trinajstić information content (AvgIpc) is 2.58. The number of hydrogen-bond donors (Lipinski definition) is 3. The first-order valence-electron chi connectivity index (χ1n) is 5.62. The standard InChI is InChI=1S/C11H10F3N3O3S/c1-4(2)3-17-6-5(7(18)16-9(17)21)10(20,8(19)15-6)11(12,13)14/h20H,1,3H2,2H3,(H,15,19)(H,16,18,21)/t10-/m1/s1. The zero-order valence-corrected chi connectivity index (χ0v) is 11.5. The maximum atomic E-state index is 13.0. The van der Waals surface area contributed by atoms with Crippen LogP contribution in [0, 0.1) is 4.77 Å². The van der Waals surface area contributed by atoms with Gasteiger partial charge in [-0.2, -0.15) is 13.2 Å². The van der Waals surface area contributed by atoms with Gasteiger partial charge in [-0.1, -0.05) is 12.2 Å². The van der Waals surface area contributed by atoms with Crippen LogP contribution in [-0.4, -0.2) is 26.7 Å². The molecule has 0 saturated carbocycles. The first kappa shape index (κ1) is 15.4. The van der Waals surface area contributed by atoms with E-state index in [0.29, 0.717) is 5.57 Å². The quantitative estimate of drug-likeness (QED) is 0.564. The number of alkyl halides is 3. The molecule has 1 atom stereocenters. The fourth-order valence-electron chi connectivity index (χ4n) is 2.04. The van der Waals surface area contributed by atoms with E-state index in [1.165, 1.54) is 0 Å². The topological polar surface area (TPSA) is 87.1 Å². The van der Waals surface area contributed by atoms with Gasteiger partial charge in [0.2, 0.25) is 0 Å². The lowest BCUT2D eigenvalue weighted by molar-refractivity contribution is -0.252. The van der Waals surface area contributed by atoms with E-state index in [1.807, 2.05) is 10.3 Å². The number of carbonyl (C=O) groups is 1. The third kappa shape index (κ3) is 2.10. The summed E-state index contributed by atoms with van der Waals surface area (Å²) in [4.78, 5) is 25.4. The van der Waals surface area contributed by atoms with Crippen LogP contribution in [0.25, 0.3) is 0 Å². The second-order valence-electron chi connectivity index (χ2n) is 4.69. The van der Waals surface area contributed by atoms with Gasteiger partial charge in [-0.15, -0.1) is 0 Å². The van der Waals surface area contributed by atoms with Gasteiger partial charge in [0.05, 0.1) is 0 Å². The molecule has 1 aliphatic heterocycles. The number of allylic oxidation sites excluding steroid dienone is 1. The Balaban J connectivity index is 2.85. The van der Waals surface area contributed by atoms with Gasteiger partial charge in [-0.25, -0.2) is 0 Å². The molecular formula is C11H10F3N3O3S. The lowest BCUT2D eigenvalue weighted by atomic mass is 9.97. The molecule has 1 aromatic rings. The number of rotatable bonds is 2. The maximum Gasteiger partial charge on any atom is 0.431 e. The highest BCUT2D eigenvalue weighted by Crippen LogP contribution is 2.44. The van der Waals surface area contributed by atoms with Gasteiger partial charge in [0.15, 0.2) is 4.77 Å². The van der Waals surface area contributed by atoms with Crippen LogP contribution < -0.4 is 10.9 Å². The zero-order valence-electron chi connectivity index (χ0n) is 10.7. The van der Waals surface area contributed by atoms with E-state index in [-0.39, 0.29) is 11.3 Å². The highest BCUT2D eigenvalue weighted by atomic mass is 32.1. The molecule has 21 heavy (non-hydrogen) atoms. The van der Waals surface area contributed by atoms with Crippen molar-refractivity contribution < 1.29 is 23.1 Å². The molecule has 6 nitrogen and oxygen atoms in total. The summed E-state index contributed by atoms with van der Waals surface area (Å²) in [5.74, 6) is -2.22. The Morgan fingerprint density at radius 2 is 2.05 bits per heavy atom. The molecule has 0 aromatic carbocycles. The van der Waals surface area contributed by atoms with E-state index in [9.17, 15) is 27.9 Å². The van der Waals surface area contributed by atoms with Crippen molar-refractivity contribution in [3.8, 4) is 0 Å². The van der Waals surface area contributed by atoms with Crippen molar-refractivity contribution in [2.24, 2.45) is 0 Å². The van der Waals surface area contributed by atoms with Crippen molar-refractivity contribution in [1.82, 2.24) is 9.55 Å². The van der Waals surface area contributed by atoms with E-state index in [1.54, 1.807) is 6.92 Å². The molecule has 2 rings (SSSR count). The number of aromatic nitrogens is 2. The Bertz CT molecular complexity index is 765. The first-order chi connectivity index (χ1) is 9.50. The van der Waals surface area contributed by atoms with Crippen molar-refractivity contribution in [1.29, 1.82) is 0 Å². The second kappa shape index (κ2) is 4.53. The van der Waals surface area contributed by atoms with Crippen LogP contribution in [0.4, 0.5) is 19.0 Å². The molecule has 114 valence electrons. The van der Waals surface area contributed by atoms with Gasteiger partial charge in [0.25, 0.3) is 17.1 Å². The molecule has 0 aliphatic carbocycles. The van der Waals surface area contributed by atoms with E-state index < -0.39 is 34.6 Å². The van der Waals surface area contributed by atoms with Crippen LogP contribution in [0.2, 0.25) is 0 Å². The van der Waals surface area contributed by atoms with Crippen molar-refractivity contribution >= 4 is 23.9 Å². The van der Waals surface area contributed by atoms with Crippen LogP contribution in [0.1, 0.15) is 12.5 Å². The molecule has 1 amide bonds. The van der Waals surface area contributed by atoms with Gasteiger partial charge in [-0.05, 0) is 19.1 Å². The van der Waals surface area contributed by atoms with Gasteiger partial charge < -0.3 is 15.0 Å². The summed E-state index contributed by atoms with van der Waals surface area (Å²) in [6, 6.07) is 0. The SMILES string of the molecule is C=C(C)Cn1c2c(c(=O)[nH]c1=S)[C@](O)(C(F)(F)F)C(=O)N2. The molecule has 0 fully saturated rings. The fourth-order valence-corrected chi connectivity index (χ4v) is 2.29. The van der Waals surface area contributed by atoms with Gasteiger partial charge in [0.1, 0.15) is 11.4 Å². The number of anilines is 1. The van der Waals surface area contributed by atoms with Crippen molar-refractivity contribution in [2.45, 2.75) is 25.2 Å². The van der Waals surface area contributed by atoms with E-state index in [4.69, 9.17) is 12.2 Å². The Labute approximate surface area is 120 Å². The lowest BCUT2D eigenvalue weighted by Crippen LogP contribution is -2.50. The predicted molar refractivity (Wildman–Crippen MR) is 69.3 cm³/mol. The minimum Gasteiger partial charge on any atom is -0.368 e. The Kier molecular flexibility index (Phi) is 3.33. The predicted octanol–water partition coefficient (Wildman–Crippen LogP) is 1.18. The molecule has 1 aliphatic rings. The van der Waals surface area contributed by atoms with Crippen LogP contribution in [0.3, 0.4) is 0 Å². The van der Waals surface area contributed by atoms with Crippen LogP contribution in [-0.2, 0) is 16.9 Å². The number of H-pyrrole nitrogens is 1.